The molecule has 9 aromatic rings. The molecule has 6 aromatic carbocycles. The van der Waals surface area contributed by atoms with Crippen LogP contribution in [0.5, 0.6) is 17.2 Å². The zero-order valence-corrected chi connectivity index (χ0v) is 59.4. The minimum absolute atomic E-state index is 0.00529. The van der Waals surface area contributed by atoms with Gasteiger partial charge in [-0.2, -0.15) is 0 Å². The van der Waals surface area contributed by atoms with E-state index < -0.39 is 86.6 Å². The molecule has 27 nitrogen and oxygen atoms in total. The first-order valence-corrected chi connectivity index (χ1v) is 35.2. The van der Waals surface area contributed by atoms with Crippen molar-refractivity contribution in [3.8, 4) is 17.2 Å². The standard InChI is InChI=1S/3C26H24F2N4O5/c3*27-19-7-6-18(21(28)12-19)13-29-25(34)20-14-32-22(26(35)30-8-10-36-11-9-31(32)16-30)24(23(20)33)37-15-17-4-2-1-3-5-17/h3*1-7,12,14H,8-11,13,15-16H2,(H,29,34). The highest BCUT2D eigenvalue weighted by Crippen LogP contribution is 2.29. The molecule has 0 spiro atoms. The first kappa shape index (κ1) is 76.4. The molecule has 6 aliphatic heterocycles. The molecule has 15 rings (SSSR count). The molecule has 0 radical (unpaired) electrons. The van der Waals surface area contributed by atoms with Crippen molar-refractivity contribution in [2.24, 2.45) is 0 Å². The molecule has 0 atom stereocenters. The molecular weight excluding hydrogens is 1460 g/mol. The average Bonchev–Trinajstić information content (AvgIpc) is 0.759. The fourth-order valence-electron chi connectivity index (χ4n) is 12.7. The Morgan fingerprint density at radius 1 is 0.351 bits per heavy atom. The summed E-state index contributed by atoms with van der Waals surface area (Å²) in [4.78, 5) is 125. The minimum atomic E-state index is -0.819. The van der Waals surface area contributed by atoms with Crippen molar-refractivity contribution in [2.45, 2.75) is 39.5 Å². The van der Waals surface area contributed by atoms with Gasteiger partial charge in [-0.05, 0) is 34.9 Å². The Morgan fingerprint density at radius 2 is 0.613 bits per heavy atom. The third-order valence-electron chi connectivity index (χ3n) is 18.6. The molecule has 0 unspecified atom stereocenters. The number of hydrogen-bond acceptors (Lipinski definition) is 18. The topological polar surface area (TPSA) is 279 Å². The molecule has 111 heavy (non-hydrogen) atoms. The number of nitrogens with one attached hydrogen (secondary N) is 3. The Hall–Kier alpha value is -12.8. The van der Waals surface area contributed by atoms with Crippen molar-refractivity contribution in [2.75, 3.05) is 114 Å². The van der Waals surface area contributed by atoms with E-state index in [1.807, 2.05) is 91.0 Å². The Bertz CT molecular complexity index is 4690. The summed E-state index contributed by atoms with van der Waals surface area (Å²) in [5, 5.41) is 12.9. The quantitative estimate of drug-likeness (QED) is 0.0824. The number of rotatable bonds is 18. The van der Waals surface area contributed by atoms with E-state index >= 15 is 0 Å². The van der Waals surface area contributed by atoms with Gasteiger partial charge in [0.2, 0.25) is 16.3 Å². The molecule has 3 aromatic heterocycles. The lowest BCUT2D eigenvalue weighted by Gasteiger charge is -2.41. The van der Waals surface area contributed by atoms with Gasteiger partial charge in [-0.15, -0.1) is 0 Å². The summed E-state index contributed by atoms with van der Waals surface area (Å²) in [7, 11) is 0. The molecule has 0 saturated carbocycles. The maximum Gasteiger partial charge on any atom is 0.277 e. The number of ether oxygens (including phenoxy) is 6. The van der Waals surface area contributed by atoms with Crippen LogP contribution in [0.25, 0.3) is 0 Å². The molecule has 0 aliphatic carbocycles. The minimum Gasteiger partial charge on any atom is -0.482 e. The number of fused-ring (bicyclic) bond motifs is 12. The van der Waals surface area contributed by atoms with Gasteiger partial charge < -0.3 is 59.1 Å². The molecule has 576 valence electrons. The third kappa shape index (κ3) is 17.5. The number of carbonyl (C=O) groups is 6. The van der Waals surface area contributed by atoms with Gasteiger partial charge in [0.15, 0.2) is 34.3 Å². The van der Waals surface area contributed by atoms with Crippen LogP contribution < -0.4 is 61.5 Å². The lowest BCUT2D eigenvalue weighted by atomic mass is 10.1. The third-order valence-corrected chi connectivity index (χ3v) is 18.6. The molecule has 3 saturated heterocycles. The van der Waals surface area contributed by atoms with Gasteiger partial charge in [-0.1, -0.05) is 109 Å². The maximum atomic E-state index is 14.1. The van der Waals surface area contributed by atoms with Gasteiger partial charge in [0.05, 0.1) is 59.3 Å². The lowest BCUT2D eigenvalue weighted by molar-refractivity contribution is 0.0468. The van der Waals surface area contributed by atoms with Gasteiger partial charge in [0.25, 0.3) is 35.4 Å². The normalized spacial score (nSPS) is 15.0. The van der Waals surface area contributed by atoms with Crippen molar-refractivity contribution >= 4 is 35.4 Å². The van der Waals surface area contributed by atoms with E-state index in [4.69, 9.17) is 28.4 Å². The Labute approximate surface area is 628 Å². The first-order chi connectivity index (χ1) is 53.8. The zero-order valence-electron chi connectivity index (χ0n) is 59.4. The van der Waals surface area contributed by atoms with Crippen LogP contribution in [0.15, 0.2) is 179 Å². The van der Waals surface area contributed by atoms with Crippen molar-refractivity contribution < 1.29 is 83.5 Å². The number of amides is 6. The highest BCUT2D eigenvalue weighted by Gasteiger charge is 2.40. The maximum absolute atomic E-state index is 14.1. The zero-order chi connectivity index (χ0) is 77.8. The Balaban J connectivity index is 0.000000146. The summed E-state index contributed by atoms with van der Waals surface area (Å²) in [6.07, 6.45) is 3.88. The number of carbonyl (C=O) groups excluding carboxylic acids is 6. The van der Waals surface area contributed by atoms with E-state index in [1.165, 1.54) is 50.8 Å². The second-order valence-electron chi connectivity index (χ2n) is 25.9. The second kappa shape index (κ2) is 34.6. The van der Waals surface area contributed by atoms with Gasteiger partial charge >= 0.3 is 0 Å². The van der Waals surface area contributed by atoms with Crippen molar-refractivity contribution in [3.05, 3.63) is 297 Å². The summed E-state index contributed by atoms with van der Waals surface area (Å²) in [5.74, 6) is -9.01. The Morgan fingerprint density at radius 3 is 0.874 bits per heavy atom. The van der Waals surface area contributed by atoms with Crippen LogP contribution in [0.3, 0.4) is 0 Å². The summed E-state index contributed by atoms with van der Waals surface area (Å²) >= 11 is 0. The predicted octanol–water partition coefficient (Wildman–Crippen LogP) is 6.05. The highest BCUT2D eigenvalue weighted by molar-refractivity contribution is 6.01. The van der Waals surface area contributed by atoms with Crippen molar-refractivity contribution in [1.29, 1.82) is 0 Å². The van der Waals surface area contributed by atoms with Gasteiger partial charge in [0.1, 0.15) is 91.4 Å². The number of pyridine rings is 3. The molecule has 6 aliphatic rings. The molecule has 33 heteroatoms. The van der Waals surface area contributed by atoms with E-state index in [0.717, 1.165) is 34.9 Å². The fourth-order valence-corrected chi connectivity index (χ4v) is 12.7. The number of nitrogens with zero attached hydrogens (tertiary/aromatic N) is 9. The Kier molecular flexibility index (Phi) is 23.9. The number of hydrogen-bond donors (Lipinski definition) is 3. The van der Waals surface area contributed by atoms with Crippen LogP contribution >= 0.6 is 0 Å². The van der Waals surface area contributed by atoms with E-state index in [-0.39, 0.29) is 127 Å². The summed E-state index contributed by atoms with van der Waals surface area (Å²) in [6.45, 7) is 4.45. The number of halogens is 6. The van der Waals surface area contributed by atoms with Crippen LogP contribution in [-0.2, 0) is 53.7 Å². The molecule has 3 N–H and O–H groups in total. The van der Waals surface area contributed by atoms with Crippen LogP contribution in [0.4, 0.5) is 26.3 Å². The summed E-state index contributed by atoms with van der Waals surface area (Å²) in [6, 6.07) is 36.3. The average molecular weight is 1530 g/mol. The van der Waals surface area contributed by atoms with Gasteiger partial charge in [-0.3, -0.25) is 72.2 Å². The van der Waals surface area contributed by atoms with Crippen LogP contribution in [0.2, 0.25) is 0 Å². The number of aromatic nitrogens is 3. The lowest BCUT2D eigenvalue weighted by Crippen LogP contribution is -2.57. The van der Waals surface area contributed by atoms with Crippen LogP contribution in [0, 0.1) is 34.9 Å². The molecule has 6 bridgehead atoms. The van der Waals surface area contributed by atoms with E-state index in [1.54, 1.807) is 29.7 Å². The monoisotopic (exact) mass is 1530 g/mol. The number of benzene rings is 6. The first-order valence-electron chi connectivity index (χ1n) is 35.2. The van der Waals surface area contributed by atoms with E-state index in [2.05, 4.69) is 16.0 Å². The summed E-state index contributed by atoms with van der Waals surface area (Å²) < 4.78 is 120. The molecule has 9 heterocycles. The van der Waals surface area contributed by atoms with Crippen molar-refractivity contribution in [1.82, 2.24) is 44.7 Å². The molecule has 6 amide bonds. The highest BCUT2D eigenvalue weighted by atomic mass is 19.2. The van der Waals surface area contributed by atoms with Crippen molar-refractivity contribution in [3.63, 3.8) is 0 Å². The predicted molar refractivity (Wildman–Crippen MR) is 386 cm³/mol. The van der Waals surface area contributed by atoms with Gasteiger partial charge in [0, 0.05) is 92.7 Å². The van der Waals surface area contributed by atoms with Gasteiger partial charge in [-0.25, -0.2) is 26.3 Å². The smallest absolute Gasteiger partial charge is 0.277 e. The van der Waals surface area contributed by atoms with E-state index in [0.29, 0.717) is 97.1 Å². The summed E-state index contributed by atoms with van der Waals surface area (Å²) in [5.41, 5.74) is -0.568. The van der Waals surface area contributed by atoms with Crippen LogP contribution in [0.1, 0.15) is 95.9 Å². The fraction of sp³-hybridized carbons (Fsp3) is 0.269. The second-order valence-corrected chi connectivity index (χ2v) is 25.9. The van der Waals surface area contributed by atoms with Crippen LogP contribution in [-0.4, -0.2) is 163 Å². The largest absolute Gasteiger partial charge is 0.482 e. The molecule has 3 fully saturated rings. The molecular formula is C78H72F6N12O15. The van der Waals surface area contributed by atoms with E-state index in [9.17, 15) is 69.5 Å². The SMILES string of the molecule is O=C(NCc1ccc(F)cc1F)c1cn2c(c(OCc3ccccc3)c1=O)C(=O)N1CCOCCN2C1.O=C(NCc1ccc(F)cc1F)c1cn2c(c(OCc3ccccc3)c1=O)C(=O)N1CCOCCN2C1.O=C(NCc1ccc(F)cc1F)c1cn2c(c(OCc3ccccc3)c1=O)C(=O)N1CCOCCN2C1.